The lowest BCUT2D eigenvalue weighted by Gasteiger charge is -2.07. The highest BCUT2D eigenvalue weighted by Gasteiger charge is 2.10. The average Bonchev–Trinajstić information content (AvgIpc) is 3.45. The molecular formula is C22H24Cl2N8S. The maximum Gasteiger partial charge on any atom is 0.176 e. The number of halogens is 2. The van der Waals surface area contributed by atoms with Gasteiger partial charge in [0.1, 0.15) is 0 Å². The number of rotatable bonds is 7. The minimum atomic E-state index is 0.434. The van der Waals surface area contributed by atoms with Gasteiger partial charge in [-0.3, -0.25) is 14.0 Å². The molecule has 33 heavy (non-hydrogen) atoms. The second kappa shape index (κ2) is 9.94. The molecule has 172 valence electrons. The van der Waals surface area contributed by atoms with Gasteiger partial charge in [0.15, 0.2) is 10.9 Å². The molecule has 0 atom stereocenters. The van der Waals surface area contributed by atoms with E-state index < -0.39 is 0 Å². The maximum absolute atomic E-state index is 6.12. The highest BCUT2D eigenvalue weighted by molar-refractivity contribution is 7.80. The van der Waals surface area contributed by atoms with Crippen molar-refractivity contribution in [2.45, 2.75) is 40.4 Å². The topological polar surface area (TPSA) is 77.5 Å². The number of nitrogens with one attached hydrogen (secondary N) is 2. The summed E-state index contributed by atoms with van der Waals surface area (Å²) in [6, 6.07) is 7.49. The third kappa shape index (κ3) is 5.55. The first-order chi connectivity index (χ1) is 15.8. The van der Waals surface area contributed by atoms with Crippen LogP contribution in [0.3, 0.4) is 0 Å². The lowest BCUT2D eigenvalue weighted by Crippen LogP contribution is -2.19. The molecule has 0 amide bonds. The Bertz CT molecular complexity index is 1290. The molecule has 0 aliphatic heterocycles. The van der Waals surface area contributed by atoms with Gasteiger partial charge in [0.25, 0.3) is 0 Å². The number of nitrogens with zero attached hydrogens (tertiary/aromatic N) is 6. The molecule has 0 bridgehead atoms. The molecule has 8 nitrogen and oxygen atoms in total. The van der Waals surface area contributed by atoms with Crippen molar-refractivity contribution in [1.82, 2.24) is 29.3 Å². The molecule has 0 aliphatic carbocycles. The Kier molecular flexibility index (Phi) is 7.02. The number of aryl methyl sites for hydroxylation is 2. The number of thiocarbonyl (C=S) groups is 1. The van der Waals surface area contributed by atoms with Gasteiger partial charge in [-0.2, -0.15) is 15.3 Å². The van der Waals surface area contributed by atoms with Crippen LogP contribution >= 0.6 is 35.4 Å². The zero-order chi connectivity index (χ0) is 23.5. The highest BCUT2D eigenvalue weighted by Crippen LogP contribution is 2.23. The molecule has 0 radical (unpaired) electrons. The van der Waals surface area contributed by atoms with E-state index in [-0.39, 0.29) is 0 Å². The van der Waals surface area contributed by atoms with Crippen LogP contribution in [-0.4, -0.2) is 34.5 Å². The number of benzene rings is 1. The molecule has 3 aromatic heterocycles. The van der Waals surface area contributed by atoms with Gasteiger partial charge in [0.05, 0.1) is 41.2 Å². The minimum absolute atomic E-state index is 0.434. The standard InChI is InChI=1S/C22H24Cl2N8S/c1-4-31-15(3)17(9-26-31)12-30-13-18(10-25-30)27-22(33)28-21-7-14(2)32(29-21)11-16-5-6-19(23)20(24)8-16/h5-10,13H,4,11-12H2,1-3H3,(H2,27,28,29,33). The molecular weight excluding hydrogens is 479 g/mol. The Morgan fingerprint density at radius 2 is 1.82 bits per heavy atom. The van der Waals surface area contributed by atoms with E-state index in [1.54, 1.807) is 12.3 Å². The van der Waals surface area contributed by atoms with Gasteiger partial charge >= 0.3 is 0 Å². The summed E-state index contributed by atoms with van der Waals surface area (Å²) in [5, 5.41) is 21.2. The summed E-state index contributed by atoms with van der Waals surface area (Å²) in [4.78, 5) is 0. The number of hydrogen-bond acceptors (Lipinski definition) is 4. The first-order valence-corrected chi connectivity index (χ1v) is 11.6. The van der Waals surface area contributed by atoms with Crippen molar-refractivity contribution >= 4 is 52.0 Å². The molecule has 1 aromatic carbocycles. The van der Waals surface area contributed by atoms with E-state index in [9.17, 15) is 0 Å². The van der Waals surface area contributed by atoms with Gasteiger partial charge in [-0.05, 0) is 50.7 Å². The predicted octanol–water partition coefficient (Wildman–Crippen LogP) is 5.13. The van der Waals surface area contributed by atoms with Crippen molar-refractivity contribution in [3.05, 3.63) is 75.4 Å². The fourth-order valence-corrected chi connectivity index (χ4v) is 4.01. The van der Waals surface area contributed by atoms with Crippen molar-refractivity contribution in [3.63, 3.8) is 0 Å². The number of aromatic nitrogens is 6. The van der Waals surface area contributed by atoms with Crippen molar-refractivity contribution in [2.75, 3.05) is 10.6 Å². The summed E-state index contributed by atoms with van der Waals surface area (Å²) in [7, 11) is 0. The maximum atomic E-state index is 6.12. The lowest BCUT2D eigenvalue weighted by molar-refractivity contribution is 0.633. The van der Waals surface area contributed by atoms with E-state index in [2.05, 4.69) is 39.8 Å². The molecule has 0 unspecified atom stereocenters. The van der Waals surface area contributed by atoms with E-state index in [1.807, 2.05) is 51.6 Å². The normalized spacial score (nSPS) is 11.1. The van der Waals surface area contributed by atoms with Crippen LogP contribution < -0.4 is 10.6 Å². The van der Waals surface area contributed by atoms with Crippen LogP contribution in [0.5, 0.6) is 0 Å². The van der Waals surface area contributed by atoms with E-state index in [4.69, 9.17) is 35.4 Å². The third-order valence-electron chi connectivity index (χ3n) is 5.27. The SMILES string of the molecule is CCn1ncc(Cn2cc(NC(=S)Nc3cc(C)n(Cc4ccc(Cl)c(Cl)c4)n3)cn2)c1C. The Hall–Kier alpha value is -2.88. The van der Waals surface area contributed by atoms with Crippen LogP contribution in [0.15, 0.2) is 42.9 Å². The lowest BCUT2D eigenvalue weighted by atomic mass is 10.2. The van der Waals surface area contributed by atoms with E-state index >= 15 is 0 Å². The Morgan fingerprint density at radius 3 is 2.55 bits per heavy atom. The monoisotopic (exact) mass is 502 g/mol. The van der Waals surface area contributed by atoms with E-state index in [1.165, 1.54) is 0 Å². The predicted molar refractivity (Wildman–Crippen MR) is 136 cm³/mol. The van der Waals surface area contributed by atoms with Crippen molar-refractivity contribution < 1.29 is 0 Å². The molecule has 2 N–H and O–H groups in total. The second-order valence-electron chi connectivity index (χ2n) is 7.65. The molecule has 0 fully saturated rings. The Labute approximate surface area is 207 Å². The zero-order valence-corrected chi connectivity index (χ0v) is 20.8. The van der Waals surface area contributed by atoms with Crippen LogP contribution in [0.1, 0.15) is 29.4 Å². The number of anilines is 2. The van der Waals surface area contributed by atoms with Crippen molar-refractivity contribution in [1.29, 1.82) is 0 Å². The first kappa shape index (κ1) is 23.3. The summed E-state index contributed by atoms with van der Waals surface area (Å²) in [6.45, 7) is 8.19. The second-order valence-corrected chi connectivity index (χ2v) is 8.88. The van der Waals surface area contributed by atoms with E-state index in [0.717, 1.165) is 34.7 Å². The molecule has 0 saturated carbocycles. The fraction of sp³-hybridized carbons (Fsp3) is 0.273. The van der Waals surface area contributed by atoms with Crippen LogP contribution in [-0.2, 0) is 19.6 Å². The van der Waals surface area contributed by atoms with Crippen LogP contribution in [0.4, 0.5) is 11.5 Å². The molecule has 0 spiro atoms. The highest BCUT2D eigenvalue weighted by atomic mass is 35.5. The fourth-order valence-electron chi connectivity index (χ4n) is 3.47. The van der Waals surface area contributed by atoms with Crippen LogP contribution in [0.25, 0.3) is 0 Å². The summed E-state index contributed by atoms with van der Waals surface area (Å²) >= 11 is 17.6. The zero-order valence-electron chi connectivity index (χ0n) is 18.5. The summed E-state index contributed by atoms with van der Waals surface area (Å²) in [6.07, 6.45) is 5.53. The van der Waals surface area contributed by atoms with Gasteiger partial charge in [-0.25, -0.2) is 0 Å². The van der Waals surface area contributed by atoms with Gasteiger partial charge in [0.2, 0.25) is 0 Å². The van der Waals surface area contributed by atoms with Gasteiger partial charge < -0.3 is 10.6 Å². The van der Waals surface area contributed by atoms with E-state index in [0.29, 0.717) is 34.1 Å². The Morgan fingerprint density at radius 1 is 1.00 bits per heavy atom. The summed E-state index contributed by atoms with van der Waals surface area (Å²) in [5.74, 6) is 0.653. The molecule has 3 heterocycles. The average molecular weight is 503 g/mol. The first-order valence-electron chi connectivity index (χ1n) is 10.4. The molecule has 4 aromatic rings. The van der Waals surface area contributed by atoms with Gasteiger partial charge in [-0.15, -0.1) is 0 Å². The molecule has 0 aliphatic rings. The largest absolute Gasteiger partial charge is 0.330 e. The smallest absolute Gasteiger partial charge is 0.176 e. The number of hydrogen-bond donors (Lipinski definition) is 2. The van der Waals surface area contributed by atoms with Crippen molar-refractivity contribution in [3.8, 4) is 0 Å². The van der Waals surface area contributed by atoms with Gasteiger partial charge in [-0.1, -0.05) is 29.3 Å². The Balaban J connectivity index is 1.36. The molecule has 11 heteroatoms. The van der Waals surface area contributed by atoms with Crippen LogP contribution in [0.2, 0.25) is 10.0 Å². The third-order valence-corrected chi connectivity index (χ3v) is 6.21. The molecule has 4 rings (SSSR count). The van der Waals surface area contributed by atoms with Crippen molar-refractivity contribution in [2.24, 2.45) is 0 Å². The summed E-state index contributed by atoms with van der Waals surface area (Å²) in [5.41, 5.74) is 5.07. The van der Waals surface area contributed by atoms with Gasteiger partial charge in [0, 0.05) is 35.8 Å². The summed E-state index contributed by atoms with van der Waals surface area (Å²) < 4.78 is 5.70. The van der Waals surface area contributed by atoms with Crippen LogP contribution in [0, 0.1) is 13.8 Å². The molecule has 0 saturated heterocycles. The minimum Gasteiger partial charge on any atom is -0.330 e. The quantitative estimate of drug-likeness (QED) is 0.341.